The maximum Gasteiger partial charge on any atom is 0.349 e. The zero-order chi connectivity index (χ0) is 20.9. The number of carbonyl (C=O) groups is 2. The van der Waals surface area contributed by atoms with Gasteiger partial charge in [-0.3, -0.25) is 4.79 Å². The largest absolute Gasteiger partial charge is 0.454 e. The van der Waals surface area contributed by atoms with E-state index in [2.05, 4.69) is 57.8 Å². The number of ether oxygens (including phenoxy) is 2. The van der Waals surface area contributed by atoms with E-state index in [9.17, 15) is 9.59 Å². The van der Waals surface area contributed by atoms with Crippen LogP contribution in [0.1, 0.15) is 12.5 Å². The smallest absolute Gasteiger partial charge is 0.349 e. The number of alkyl halides is 3. The molecule has 2 rings (SSSR count). The molecule has 0 saturated heterocycles. The number of halogens is 5. The van der Waals surface area contributed by atoms with Crippen LogP contribution in [0.5, 0.6) is 5.75 Å². The van der Waals surface area contributed by atoms with E-state index in [4.69, 9.17) is 27.9 Å². The molecular weight excluding hydrogens is 605 g/mol. The van der Waals surface area contributed by atoms with Crippen molar-refractivity contribution in [3.63, 3.8) is 0 Å². The molecule has 0 unspecified atom stereocenters. The Kier molecular flexibility index (Phi) is 8.63. The van der Waals surface area contributed by atoms with Crippen LogP contribution >= 0.6 is 71.0 Å². The third-order valence-electron chi connectivity index (χ3n) is 3.29. The number of hydrogen-bond acceptors (Lipinski definition) is 5. The fourth-order valence-electron chi connectivity index (χ4n) is 2.17. The highest BCUT2D eigenvalue weighted by molar-refractivity contribution is 9.39. The molecule has 0 spiro atoms. The van der Waals surface area contributed by atoms with E-state index in [1.807, 2.05) is 0 Å². The second-order valence-electron chi connectivity index (χ2n) is 5.60. The van der Waals surface area contributed by atoms with Gasteiger partial charge in [0.2, 0.25) is 0 Å². The predicted octanol–water partition coefficient (Wildman–Crippen LogP) is 6.59. The summed E-state index contributed by atoms with van der Waals surface area (Å²) in [6.07, 6.45) is 0.569. The van der Waals surface area contributed by atoms with E-state index in [0.29, 0.717) is 27.8 Å². The van der Waals surface area contributed by atoms with Gasteiger partial charge in [-0.1, -0.05) is 83.1 Å². The molecule has 0 amide bonds. The maximum atomic E-state index is 12.0. The van der Waals surface area contributed by atoms with E-state index in [-0.39, 0.29) is 5.75 Å². The lowest BCUT2D eigenvalue weighted by Gasteiger charge is -2.17. The van der Waals surface area contributed by atoms with Crippen molar-refractivity contribution in [1.82, 2.24) is 0 Å². The van der Waals surface area contributed by atoms with Crippen molar-refractivity contribution in [2.45, 2.75) is 15.5 Å². The third-order valence-corrected chi connectivity index (χ3v) is 4.76. The lowest BCUT2D eigenvalue weighted by molar-refractivity contribution is -0.151. The molecule has 0 aliphatic carbocycles. The molecule has 0 atom stereocenters. The molecule has 0 aliphatic rings. The van der Waals surface area contributed by atoms with Crippen LogP contribution in [-0.4, -0.2) is 20.7 Å². The van der Waals surface area contributed by atoms with Gasteiger partial charge in [-0.2, -0.15) is 0 Å². The molecule has 10 heteroatoms. The van der Waals surface area contributed by atoms with Gasteiger partial charge in [0, 0.05) is 13.3 Å². The number of carbonyl (C=O) groups excluding carboxylic acids is 2. The lowest BCUT2D eigenvalue weighted by atomic mass is 10.1. The summed E-state index contributed by atoms with van der Waals surface area (Å²) < 4.78 is 9.51. The standard InChI is InChI=1S/C18H14Br3Cl2NO4/c1-10(25)27-9-16(26)28-15-6-5-11(8-18(19,20)21)7-14(15)24-17-12(22)3-2-4-13(17)23/h2-7,24H,8-9H2,1H3. The van der Waals surface area contributed by atoms with Crippen LogP contribution in [0.3, 0.4) is 0 Å². The van der Waals surface area contributed by atoms with Crippen molar-refractivity contribution >= 4 is 94.3 Å². The highest BCUT2D eigenvalue weighted by atomic mass is 80.0. The average Bonchev–Trinajstić information content (AvgIpc) is 2.57. The minimum Gasteiger partial charge on any atom is -0.454 e. The second kappa shape index (κ2) is 10.3. The Bertz CT molecular complexity index is 867. The van der Waals surface area contributed by atoms with Gasteiger partial charge >= 0.3 is 11.9 Å². The number of para-hydroxylation sites is 1. The van der Waals surface area contributed by atoms with Gasteiger partial charge in [-0.05, 0) is 29.8 Å². The maximum absolute atomic E-state index is 12.0. The summed E-state index contributed by atoms with van der Waals surface area (Å²) >= 11 is 22.8. The summed E-state index contributed by atoms with van der Waals surface area (Å²) in [6, 6.07) is 10.3. The molecule has 150 valence electrons. The number of esters is 2. The Balaban J connectivity index is 2.35. The van der Waals surface area contributed by atoms with Gasteiger partial charge < -0.3 is 14.8 Å². The highest BCUT2D eigenvalue weighted by Crippen LogP contribution is 2.40. The number of rotatable bonds is 6. The van der Waals surface area contributed by atoms with Gasteiger partial charge in [-0.15, -0.1) is 0 Å². The number of benzene rings is 2. The Morgan fingerprint density at radius 2 is 1.75 bits per heavy atom. The third kappa shape index (κ3) is 7.55. The van der Waals surface area contributed by atoms with Gasteiger partial charge in [-0.25, -0.2) is 4.79 Å². The Labute approximate surface area is 197 Å². The van der Waals surface area contributed by atoms with Crippen molar-refractivity contribution in [2.24, 2.45) is 0 Å². The number of hydrogen-bond donors (Lipinski definition) is 1. The van der Waals surface area contributed by atoms with Gasteiger partial charge in [0.25, 0.3) is 0 Å². The fourth-order valence-corrected chi connectivity index (χ4v) is 3.63. The summed E-state index contributed by atoms with van der Waals surface area (Å²) in [4.78, 5) is 22.8. The molecule has 28 heavy (non-hydrogen) atoms. The van der Waals surface area contributed by atoms with Crippen molar-refractivity contribution in [2.75, 3.05) is 11.9 Å². The zero-order valence-corrected chi connectivity index (χ0v) is 20.7. The fraction of sp³-hybridized carbons (Fsp3) is 0.222. The minimum absolute atomic E-state index is 0.237. The Hall–Kier alpha value is -0.800. The molecule has 1 N–H and O–H groups in total. The number of anilines is 2. The van der Waals surface area contributed by atoms with E-state index in [1.165, 1.54) is 6.92 Å². The molecule has 2 aromatic rings. The SMILES string of the molecule is CC(=O)OCC(=O)Oc1ccc(CC(Br)(Br)Br)cc1Nc1c(Cl)cccc1Cl. The van der Waals surface area contributed by atoms with E-state index in [0.717, 1.165) is 5.56 Å². The van der Waals surface area contributed by atoms with Crippen LogP contribution in [0.4, 0.5) is 11.4 Å². The number of nitrogens with one attached hydrogen (secondary N) is 1. The normalized spacial score (nSPS) is 11.1. The summed E-state index contributed by atoms with van der Waals surface area (Å²) in [5.74, 6) is -1.05. The quantitative estimate of drug-likeness (QED) is 0.225. The Morgan fingerprint density at radius 1 is 1.11 bits per heavy atom. The minimum atomic E-state index is -0.716. The van der Waals surface area contributed by atoms with Crippen molar-refractivity contribution < 1.29 is 19.1 Å². The van der Waals surface area contributed by atoms with Gasteiger partial charge in [0.1, 0.15) is 2.14 Å². The van der Waals surface area contributed by atoms with E-state index in [1.54, 1.807) is 36.4 Å². The summed E-state index contributed by atoms with van der Waals surface area (Å²) in [5, 5.41) is 3.93. The second-order valence-corrected chi connectivity index (χ2v) is 13.7. The van der Waals surface area contributed by atoms with Crippen LogP contribution in [0.15, 0.2) is 36.4 Å². The molecule has 5 nitrogen and oxygen atoms in total. The average molecular weight is 619 g/mol. The van der Waals surface area contributed by atoms with Gasteiger partial charge in [0.05, 0.1) is 21.4 Å². The van der Waals surface area contributed by atoms with Crippen molar-refractivity contribution in [3.05, 3.63) is 52.0 Å². The van der Waals surface area contributed by atoms with Crippen LogP contribution in [-0.2, 0) is 20.7 Å². The first-order chi connectivity index (χ1) is 13.0. The molecule has 0 fully saturated rings. The molecule has 0 aromatic heterocycles. The molecule has 0 bridgehead atoms. The molecule has 0 aliphatic heterocycles. The van der Waals surface area contributed by atoms with Crippen LogP contribution in [0.25, 0.3) is 0 Å². The van der Waals surface area contributed by atoms with Gasteiger partial charge in [0.15, 0.2) is 12.4 Å². The Morgan fingerprint density at radius 3 is 2.32 bits per heavy atom. The molecular formula is C18H14Br3Cl2NO4. The first-order valence-electron chi connectivity index (χ1n) is 7.80. The molecule has 0 saturated carbocycles. The summed E-state index contributed by atoms with van der Waals surface area (Å²) in [5.41, 5.74) is 1.86. The van der Waals surface area contributed by atoms with Crippen LogP contribution in [0.2, 0.25) is 10.0 Å². The van der Waals surface area contributed by atoms with E-state index >= 15 is 0 Å². The van der Waals surface area contributed by atoms with E-state index < -0.39 is 20.7 Å². The molecule has 0 heterocycles. The lowest BCUT2D eigenvalue weighted by Crippen LogP contribution is -2.18. The predicted molar refractivity (Wildman–Crippen MR) is 122 cm³/mol. The monoisotopic (exact) mass is 615 g/mol. The van der Waals surface area contributed by atoms with Crippen molar-refractivity contribution in [3.8, 4) is 5.75 Å². The topological polar surface area (TPSA) is 64.6 Å². The first kappa shape index (κ1) is 23.5. The first-order valence-corrected chi connectivity index (χ1v) is 10.9. The zero-order valence-electron chi connectivity index (χ0n) is 14.4. The van der Waals surface area contributed by atoms with Crippen LogP contribution in [0, 0.1) is 0 Å². The summed E-state index contributed by atoms with van der Waals surface area (Å²) in [7, 11) is 0. The van der Waals surface area contributed by atoms with Crippen LogP contribution < -0.4 is 10.1 Å². The van der Waals surface area contributed by atoms with Crippen molar-refractivity contribution in [1.29, 1.82) is 0 Å². The highest BCUT2D eigenvalue weighted by Gasteiger charge is 2.20. The molecule has 0 radical (unpaired) electrons. The summed E-state index contributed by atoms with van der Waals surface area (Å²) in [6.45, 7) is 0.720. The molecule has 2 aromatic carbocycles.